The van der Waals surface area contributed by atoms with Crippen LogP contribution in [0.15, 0.2) is 0 Å². The van der Waals surface area contributed by atoms with Gasteiger partial charge in [-0.15, -0.1) is 0 Å². The van der Waals surface area contributed by atoms with Crippen molar-refractivity contribution in [2.45, 2.75) is 26.2 Å². The van der Waals surface area contributed by atoms with Gasteiger partial charge < -0.3 is 14.2 Å². The highest BCUT2D eigenvalue weighted by atomic mass is 16.9. The van der Waals surface area contributed by atoms with Gasteiger partial charge in [0, 0.05) is 11.8 Å². The van der Waals surface area contributed by atoms with E-state index in [9.17, 15) is 0 Å². The standard InChI is InChI=1S/C9H16O3/c1-3-7(2)9-10-4-8(5-11-9)6-12-9/h7-8H,3-6H2,1-2H3. The van der Waals surface area contributed by atoms with E-state index < -0.39 is 5.97 Å². The minimum atomic E-state index is -0.705. The molecule has 3 aliphatic heterocycles. The summed E-state index contributed by atoms with van der Waals surface area (Å²) >= 11 is 0. The molecule has 0 radical (unpaired) electrons. The molecule has 0 aliphatic carbocycles. The molecule has 0 spiro atoms. The van der Waals surface area contributed by atoms with E-state index in [1.54, 1.807) is 0 Å². The summed E-state index contributed by atoms with van der Waals surface area (Å²) in [6.07, 6.45) is 1.02. The summed E-state index contributed by atoms with van der Waals surface area (Å²) in [6, 6.07) is 0. The van der Waals surface area contributed by atoms with Crippen LogP contribution in [0.25, 0.3) is 0 Å². The van der Waals surface area contributed by atoms with Gasteiger partial charge in [-0.2, -0.15) is 0 Å². The quantitative estimate of drug-likeness (QED) is 0.629. The number of fused-ring (bicyclic) bond motifs is 3. The topological polar surface area (TPSA) is 27.7 Å². The molecule has 1 unspecified atom stereocenters. The van der Waals surface area contributed by atoms with Gasteiger partial charge in [0.05, 0.1) is 19.8 Å². The molecule has 3 heterocycles. The normalized spacial score (nSPS) is 43.0. The summed E-state index contributed by atoms with van der Waals surface area (Å²) in [4.78, 5) is 0. The second kappa shape index (κ2) is 2.98. The van der Waals surface area contributed by atoms with Crippen LogP contribution in [-0.4, -0.2) is 25.8 Å². The third kappa shape index (κ3) is 1.16. The van der Waals surface area contributed by atoms with Gasteiger partial charge in [0.1, 0.15) is 0 Å². The zero-order valence-corrected chi connectivity index (χ0v) is 7.71. The third-order valence-corrected chi connectivity index (χ3v) is 2.78. The molecule has 3 fully saturated rings. The Morgan fingerprint density at radius 2 is 1.75 bits per heavy atom. The van der Waals surface area contributed by atoms with Crippen LogP contribution in [0.4, 0.5) is 0 Å². The van der Waals surface area contributed by atoms with E-state index in [1.165, 1.54) is 0 Å². The van der Waals surface area contributed by atoms with Gasteiger partial charge in [-0.1, -0.05) is 13.8 Å². The first kappa shape index (κ1) is 8.48. The van der Waals surface area contributed by atoms with Crippen LogP contribution in [-0.2, 0) is 14.2 Å². The Kier molecular flexibility index (Phi) is 2.10. The number of hydrogen-bond acceptors (Lipinski definition) is 3. The fourth-order valence-electron chi connectivity index (χ4n) is 1.65. The zero-order chi connectivity index (χ0) is 8.60. The van der Waals surface area contributed by atoms with Gasteiger partial charge in [0.15, 0.2) is 0 Å². The third-order valence-electron chi connectivity index (χ3n) is 2.78. The Balaban J connectivity index is 2.08. The average molecular weight is 172 g/mol. The van der Waals surface area contributed by atoms with Crippen LogP contribution < -0.4 is 0 Å². The smallest absolute Gasteiger partial charge is 0.285 e. The van der Waals surface area contributed by atoms with Crippen LogP contribution in [0.5, 0.6) is 0 Å². The van der Waals surface area contributed by atoms with Crippen molar-refractivity contribution in [1.29, 1.82) is 0 Å². The average Bonchev–Trinajstić information content (AvgIpc) is 2.19. The van der Waals surface area contributed by atoms with Crippen LogP contribution in [0.3, 0.4) is 0 Å². The molecule has 0 aromatic heterocycles. The van der Waals surface area contributed by atoms with Crippen molar-refractivity contribution in [3.05, 3.63) is 0 Å². The Labute approximate surface area is 73.0 Å². The van der Waals surface area contributed by atoms with E-state index in [4.69, 9.17) is 14.2 Å². The van der Waals surface area contributed by atoms with Gasteiger partial charge in [0.2, 0.25) is 0 Å². The Bertz CT molecular complexity index is 147. The number of hydrogen-bond donors (Lipinski definition) is 0. The van der Waals surface area contributed by atoms with Crippen LogP contribution >= 0.6 is 0 Å². The second-order valence-electron chi connectivity index (χ2n) is 3.71. The summed E-state index contributed by atoms with van der Waals surface area (Å²) in [7, 11) is 0. The predicted octanol–water partition coefficient (Wildman–Crippen LogP) is 1.38. The molecule has 3 saturated heterocycles. The van der Waals surface area contributed by atoms with Crippen molar-refractivity contribution < 1.29 is 14.2 Å². The molecule has 0 amide bonds. The van der Waals surface area contributed by atoms with Gasteiger partial charge in [-0.05, 0) is 6.42 Å². The first-order chi connectivity index (χ1) is 5.77. The van der Waals surface area contributed by atoms with E-state index in [2.05, 4.69) is 13.8 Å². The molecule has 0 aromatic rings. The molecule has 0 N–H and O–H groups in total. The summed E-state index contributed by atoms with van der Waals surface area (Å²) in [5, 5.41) is 0. The molecule has 2 bridgehead atoms. The van der Waals surface area contributed by atoms with Crippen LogP contribution in [0.1, 0.15) is 20.3 Å². The molecule has 1 atom stereocenters. The summed E-state index contributed by atoms with van der Waals surface area (Å²) in [5.41, 5.74) is 0. The number of ether oxygens (including phenoxy) is 3. The predicted molar refractivity (Wildman–Crippen MR) is 43.5 cm³/mol. The summed E-state index contributed by atoms with van der Waals surface area (Å²) < 4.78 is 16.7. The van der Waals surface area contributed by atoms with E-state index in [-0.39, 0.29) is 0 Å². The van der Waals surface area contributed by atoms with E-state index in [1.807, 2.05) is 0 Å². The lowest BCUT2D eigenvalue weighted by Gasteiger charge is -2.47. The molecule has 3 aliphatic rings. The lowest BCUT2D eigenvalue weighted by molar-refractivity contribution is -0.466. The van der Waals surface area contributed by atoms with Crippen LogP contribution in [0, 0.1) is 11.8 Å². The highest BCUT2D eigenvalue weighted by molar-refractivity contribution is 4.78. The highest BCUT2D eigenvalue weighted by Crippen LogP contribution is 2.37. The summed E-state index contributed by atoms with van der Waals surface area (Å²) in [6.45, 7) is 6.61. The molecule has 70 valence electrons. The maximum absolute atomic E-state index is 5.57. The maximum Gasteiger partial charge on any atom is 0.285 e. The largest absolute Gasteiger partial charge is 0.327 e. The van der Waals surface area contributed by atoms with E-state index in [0.29, 0.717) is 11.8 Å². The monoisotopic (exact) mass is 172 g/mol. The second-order valence-corrected chi connectivity index (χ2v) is 3.71. The van der Waals surface area contributed by atoms with Gasteiger partial charge in [0.25, 0.3) is 5.97 Å². The van der Waals surface area contributed by atoms with Gasteiger partial charge in [-0.25, -0.2) is 0 Å². The minimum Gasteiger partial charge on any atom is -0.327 e. The van der Waals surface area contributed by atoms with Crippen molar-refractivity contribution in [2.75, 3.05) is 19.8 Å². The maximum atomic E-state index is 5.57. The van der Waals surface area contributed by atoms with Crippen molar-refractivity contribution in [2.24, 2.45) is 11.8 Å². The highest BCUT2D eigenvalue weighted by Gasteiger charge is 2.47. The first-order valence-electron chi connectivity index (χ1n) is 4.68. The van der Waals surface area contributed by atoms with E-state index in [0.717, 1.165) is 26.2 Å². The first-order valence-corrected chi connectivity index (χ1v) is 4.68. The minimum absolute atomic E-state index is 0.318. The molecular formula is C9H16O3. The Morgan fingerprint density at radius 3 is 2.17 bits per heavy atom. The van der Waals surface area contributed by atoms with Crippen molar-refractivity contribution in [3.8, 4) is 0 Å². The van der Waals surface area contributed by atoms with Crippen molar-refractivity contribution in [1.82, 2.24) is 0 Å². The van der Waals surface area contributed by atoms with Crippen LogP contribution in [0.2, 0.25) is 0 Å². The fraction of sp³-hybridized carbons (Fsp3) is 1.00. The Hall–Kier alpha value is -0.120. The molecule has 3 nitrogen and oxygen atoms in total. The SMILES string of the molecule is CCC(C)C12OCC(CO1)CO2. The van der Waals surface area contributed by atoms with Crippen molar-refractivity contribution in [3.63, 3.8) is 0 Å². The molecule has 0 aromatic carbocycles. The fourth-order valence-corrected chi connectivity index (χ4v) is 1.65. The Morgan fingerprint density at radius 1 is 1.25 bits per heavy atom. The molecule has 3 rings (SSSR count). The molecule has 0 saturated carbocycles. The summed E-state index contributed by atoms with van der Waals surface area (Å²) in [5.74, 6) is 0.0680. The molecule has 12 heavy (non-hydrogen) atoms. The van der Waals surface area contributed by atoms with E-state index >= 15 is 0 Å². The molecule has 3 heteroatoms. The van der Waals surface area contributed by atoms with Gasteiger partial charge >= 0.3 is 0 Å². The zero-order valence-electron chi connectivity index (χ0n) is 7.71. The lowest BCUT2D eigenvalue weighted by Crippen LogP contribution is -2.57. The van der Waals surface area contributed by atoms with Crippen molar-refractivity contribution >= 4 is 0 Å². The lowest BCUT2D eigenvalue weighted by atomic mass is 10.0. The number of rotatable bonds is 2. The molecular weight excluding hydrogens is 156 g/mol. The van der Waals surface area contributed by atoms with Gasteiger partial charge in [-0.3, -0.25) is 0 Å².